The number of nitrogens with one attached hydrogen (secondary N) is 1. The number of amides is 1. The molecule has 0 bridgehead atoms. The molecular formula is C19H19N3O4S. The van der Waals surface area contributed by atoms with E-state index in [0.29, 0.717) is 29.4 Å². The molecule has 2 aromatic heterocycles. The fraction of sp³-hybridized carbons (Fsp3) is 0.211. The maximum Gasteiger partial charge on any atom is 0.338 e. The van der Waals surface area contributed by atoms with E-state index < -0.39 is 5.97 Å². The second-order valence-electron chi connectivity index (χ2n) is 5.63. The van der Waals surface area contributed by atoms with Gasteiger partial charge in [-0.1, -0.05) is 17.8 Å². The summed E-state index contributed by atoms with van der Waals surface area (Å²) in [7, 11) is 1.92. The Morgan fingerprint density at radius 2 is 2.15 bits per heavy atom. The first kappa shape index (κ1) is 18.8. The summed E-state index contributed by atoms with van der Waals surface area (Å²) in [5.74, 6) is 0.626. The minimum atomic E-state index is -0.430. The van der Waals surface area contributed by atoms with Crippen molar-refractivity contribution in [3.63, 3.8) is 0 Å². The van der Waals surface area contributed by atoms with Crippen LogP contribution in [0, 0.1) is 0 Å². The van der Waals surface area contributed by atoms with Gasteiger partial charge in [0.15, 0.2) is 10.9 Å². The lowest BCUT2D eigenvalue weighted by Gasteiger charge is -2.06. The Hall–Kier alpha value is -3.00. The van der Waals surface area contributed by atoms with Crippen LogP contribution < -0.4 is 5.32 Å². The highest BCUT2D eigenvalue weighted by Gasteiger charge is 2.14. The van der Waals surface area contributed by atoms with Gasteiger partial charge in [-0.05, 0) is 37.3 Å². The van der Waals surface area contributed by atoms with Gasteiger partial charge in [-0.2, -0.15) is 0 Å². The number of carbonyl (C=O) groups excluding carboxylic acids is 2. The third-order valence-electron chi connectivity index (χ3n) is 3.64. The van der Waals surface area contributed by atoms with Crippen molar-refractivity contribution < 1.29 is 18.7 Å². The summed E-state index contributed by atoms with van der Waals surface area (Å²) in [4.78, 5) is 28.4. The van der Waals surface area contributed by atoms with Gasteiger partial charge in [-0.25, -0.2) is 9.78 Å². The van der Waals surface area contributed by atoms with E-state index in [9.17, 15) is 9.59 Å². The van der Waals surface area contributed by atoms with Crippen molar-refractivity contribution >= 4 is 29.3 Å². The van der Waals surface area contributed by atoms with E-state index in [-0.39, 0.29) is 11.7 Å². The monoisotopic (exact) mass is 385 g/mol. The van der Waals surface area contributed by atoms with Crippen LogP contribution in [0.25, 0.3) is 0 Å². The number of hydrogen-bond acceptors (Lipinski definition) is 6. The molecule has 0 aliphatic carbocycles. The number of aromatic nitrogens is 2. The van der Waals surface area contributed by atoms with E-state index in [0.717, 1.165) is 5.16 Å². The van der Waals surface area contributed by atoms with E-state index in [1.807, 2.05) is 17.8 Å². The summed E-state index contributed by atoms with van der Waals surface area (Å²) >= 11 is 1.52. The highest BCUT2D eigenvalue weighted by Crippen LogP contribution is 2.22. The van der Waals surface area contributed by atoms with E-state index in [2.05, 4.69) is 10.3 Å². The van der Waals surface area contributed by atoms with Gasteiger partial charge in [0.05, 0.1) is 17.9 Å². The molecule has 0 aliphatic heterocycles. The molecule has 7 nitrogen and oxygen atoms in total. The highest BCUT2D eigenvalue weighted by atomic mass is 32.2. The smallest absolute Gasteiger partial charge is 0.338 e. The maximum atomic E-state index is 12.4. The number of carbonyl (C=O) groups is 2. The number of furan rings is 1. The van der Waals surface area contributed by atoms with Crippen LogP contribution in [0.15, 0.2) is 58.4 Å². The van der Waals surface area contributed by atoms with E-state index >= 15 is 0 Å². The largest absolute Gasteiger partial charge is 0.462 e. The average molecular weight is 385 g/mol. The molecule has 0 radical (unpaired) electrons. The molecule has 3 rings (SSSR count). The number of hydrogen-bond donors (Lipinski definition) is 1. The normalized spacial score (nSPS) is 10.6. The Morgan fingerprint density at radius 1 is 1.30 bits per heavy atom. The van der Waals surface area contributed by atoms with Crippen molar-refractivity contribution in [1.82, 2.24) is 9.55 Å². The van der Waals surface area contributed by atoms with Crippen LogP contribution >= 0.6 is 11.8 Å². The van der Waals surface area contributed by atoms with Crippen LogP contribution in [0.3, 0.4) is 0 Å². The average Bonchev–Trinajstić information content (AvgIpc) is 3.29. The molecule has 8 heteroatoms. The minimum Gasteiger partial charge on any atom is -0.462 e. The number of nitrogens with zero attached hydrogens (tertiary/aromatic N) is 2. The van der Waals surface area contributed by atoms with Gasteiger partial charge in [0.1, 0.15) is 5.76 Å². The zero-order valence-electron chi connectivity index (χ0n) is 15.0. The molecule has 0 unspecified atom stereocenters. The maximum absolute atomic E-state index is 12.4. The number of ether oxygens (including phenoxy) is 1. The lowest BCUT2D eigenvalue weighted by Crippen LogP contribution is -2.12. The van der Waals surface area contributed by atoms with Crippen molar-refractivity contribution in [2.24, 2.45) is 7.05 Å². The molecule has 0 spiro atoms. The quantitative estimate of drug-likeness (QED) is 0.493. The number of imidazole rings is 1. The summed E-state index contributed by atoms with van der Waals surface area (Å²) in [5, 5.41) is 3.59. The Bertz CT molecular complexity index is 948. The summed E-state index contributed by atoms with van der Waals surface area (Å²) < 4.78 is 12.5. The molecule has 2 heterocycles. The lowest BCUT2D eigenvalue weighted by molar-refractivity contribution is 0.0526. The van der Waals surface area contributed by atoms with Crippen LogP contribution in [0.2, 0.25) is 0 Å². The van der Waals surface area contributed by atoms with Crippen LogP contribution in [0.4, 0.5) is 5.69 Å². The summed E-state index contributed by atoms with van der Waals surface area (Å²) in [5.41, 5.74) is 0.868. The van der Waals surface area contributed by atoms with Crippen LogP contribution in [0.5, 0.6) is 0 Å². The summed E-state index contributed by atoms with van der Waals surface area (Å²) in [6.45, 7) is 2.03. The molecule has 1 aromatic carbocycles. The Kier molecular flexibility index (Phi) is 5.97. The van der Waals surface area contributed by atoms with Gasteiger partial charge in [-0.15, -0.1) is 0 Å². The number of aryl methyl sites for hydroxylation is 1. The zero-order valence-corrected chi connectivity index (χ0v) is 15.8. The second kappa shape index (κ2) is 8.59. The minimum absolute atomic E-state index is 0.201. The Labute approximate surface area is 160 Å². The Morgan fingerprint density at radius 3 is 2.89 bits per heavy atom. The van der Waals surface area contributed by atoms with Gasteiger partial charge >= 0.3 is 5.97 Å². The van der Waals surface area contributed by atoms with Gasteiger partial charge in [0.2, 0.25) is 0 Å². The first-order valence-electron chi connectivity index (χ1n) is 8.34. The summed E-state index contributed by atoms with van der Waals surface area (Å²) in [6.07, 6.45) is 3.60. The summed E-state index contributed by atoms with van der Waals surface area (Å²) in [6, 6.07) is 9.96. The predicted molar refractivity (Wildman–Crippen MR) is 102 cm³/mol. The van der Waals surface area contributed by atoms with Gasteiger partial charge < -0.3 is 19.0 Å². The molecule has 140 valence electrons. The molecule has 27 heavy (non-hydrogen) atoms. The number of esters is 1. The fourth-order valence-electron chi connectivity index (χ4n) is 2.34. The van der Waals surface area contributed by atoms with E-state index in [4.69, 9.17) is 9.15 Å². The predicted octanol–water partition coefficient (Wildman–Crippen LogP) is 3.73. The zero-order chi connectivity index (χ0) is 19.2. The first-order chi connectivity index (χ1) is 13.1. The second-order valence-corrected chi connectivity index (χ2v) is 6.57. The molecule has 0 aliphatic rings. The molecular weight excluding hydrogens is 366 g/mol. The van der Waals surface area contributed by atoms with Crippen LogP contribution in [-0.4, -0.2) is 28.0 Å². The standard InChI is InChI=1S/C19H19N3O4S/c1-3-25-18(24)13-5-4-6-14(11-13)21-17(23)16-8-7-15(26-16)12-27-19-20-9-10-22(19)2/h4-11H,3,12H2,1-2H3,(H,21,23). The van der Waals surface area contributed by atoms with Crippen LogP contribution in [0.1, 0.15) is 33.6 Å². The number of benzene rings is 1. The fourth-order valence-corrected chi connectivity index (χ4v) is 3.16. The molecule has 1 amide bonds. The van der Waals surface area contributed by atoms with Gasteiger partial charge in [-0.3, -0.25) is 4.79 Å². The van der Waals surface area contributed by atoms with Crippen molar-refractivity contribution in [3.05, 3.63) is 65.9 Å². The SMILES string of the molecule is CCOC(=O)c1cccc(NC(=O)c2ccc(CSc3nccn3C)o2)c1. The van der Waals surface area contributed by atoms with E-state index in [1.54, 1.807) is 49.5 Å². The molecule has 0 fully saturated rings. The lowest BCUT2D eigenvalue weighted by atomic mass is 10.2. The van der Waals surface area contributed by atoms with Gasteiger partial charge in [0, 0.05) is 25.1 Å². The van der Waals surface area contributed by atoms with Crippen molar-refractivity contribution in [1.29, 1.82) is 0 Å². The molecule has 1 N–H and O–H groups in total. The highest BCUT2D eigenvalue weighted by molar-refractivity contribution is 7.98. The molecule has 0 saturated heterocycles. The Balaban J connectivity index is 1.62. The van der Waals surface area contributed by atoms with Crippen molar-refractivity contribution in [2.45, 2.75) is 17.8 Å². The molecule has 0 atom stereocenters. The molecule has 0 saturated carbocycles. The van der Waals surface area contributed by atoms with Crippen molar-refractivity contribution in [2.75, 3.05) is 11.9 Å². The number of rotatable bonds is 7. The third kappa shape index (κ3) is 4.79. The van der Waals surface area contributed by atoms with Crippen molar-refractivity contribution in [3.8, 4) is 0 Å². The van der Waals surface area contributed by atoms with Gasteiger partial charge in [0.25, 0.3) is 5.91 Å². The first-order valence-corrected chi connectivity index (χ1v) is 9.32. The third-order valence-corrected chi connectivity index (χ3v) is 4.72. The van der Waals surface area contributed by atoms with Crippen LogP contribution in [-0.2, 0) is 17.5 Å². The number of thioether (sulfide) groups is 1. The van der Waals surface area contributed by atoms with E-state index in [1.165, 1.54) is 11.8 Å². The topological polar surface area (TPSA) is 86.4 Å². The molecule has 3 aromatic rings. The number of anilines is 1.